The third-order valence-electron chi connectivity index (χ3n) is 2.62. The van der Waals surface area contributed by atoms with E-state index in [0.29, 0.717) is 17.1 Å². The normalized spacial score (nSPS) is 11.3. The summed E-state index contributed by atoms with van der Waals surface area (Å²) in [7, 11) is -3.36. The van der Waals surface area contributed by atoms with Crippen molar-refractivity contribution in [2.75, 3.05) is 16.8 Å². The Kier molecular flexibility index (Phi) is 6.99. The summed E-state index contributed by atoms with van der Waals surface area (Å²) in [6, 6.07) is 4.97. The number of carbonyl (C=O) groups excluding carboxylic acids is 1. The van der Waals surface area contributed by atoms with E-state index in [0.717, 1.165) is 17.3 Å². The second-order valence-corrected chi connectivity index (χ2v) is 7.98. The second-order valence-electron chi connectivity index (χ2n) is 4.47. The lowest BCUT2D eigenvalue weighted by Gasteiger charge is -2.08. The van der Waals surface area contributed by atoms with Gasteiger partial charge in [-0.1, -0.05) is 47.3 Å². The fourth-order valence-electron chi connectivity index (χ4n) is 1.62. The highest BCUT2D eigenvalue weighted by molar-refractivity contribution is 9.10. The van der Waals surface area contributed by atoms with E-state index in [2.05, 4.69) is 21.2 Å². The van der Waals surface area contributed by atoms with Crippen molar-refractivity contribution in [3.63, 3.8) is 0 Å². The Morgan fingerprint density at radius 1 is 1.35 bits per heavy atom. The highest BCUT2D eigenvalue weighted by Gasteiger charge is 2.17. The lowest BCUT2D eigenvalue weighted by atomic mass is 10.3. The van der Waals surface area contributed by atoms with Crippen molar-refractivity contribution < 1.29 is 13.2 Å². The van der Waals surface area contributed by atoms with Crippen LogP contribution in [0, 0.1) is 0 Å². The Morgan fingerprint density at radius 2 is 2.05 bits per heavy atom. The first-order valence-electron chi connectivity index (χ1n) is 6.29. The van der Waals surface area contributed by atoms with Gasteiger partial charge in [-0.25, -0.2) is 8.42 Å². The summed E-state index contributed by atoms with van der Waals surface area (Å²) in [5.74, 6) is -1.03. The van der Waals surface area contributed by atoms with Gasteiger partial charge in [-0.15, -0.1) is 0 Å². The monoisotopic (exact) mass is 381 g/mol. The van der Waals surface area contributed by atoms with Crippen LogP contribution in [0.15, 0.2) is 22.7 Å². The van der Waals surface area contributed by atoms with Gasteiger partial charge in [-0.05, 0) is 24.6 Å². The molecule has 1 rings (SSSR count). The van der Waals surface area contributed by atoms with Gasteiger partial charge in [0.1, 0.15) is 5.75 Å². The molecule has 0 aliphatic rings. The number of unbranched alkanes of at least 4 members (excludes halogenated alkanes) is 2. The minimum absolute atomic E-state index is 0.0440. The van der Waals surface area contributed by atoms with Gasteiger partial charge in [-0.2, -0.15) is 0 Å². The fraction of sp³-hybridized carbons (Fsp3) is 0.462. The summed E-state index contributed by atoms with van der Waals surface area (Å²) in [5, 5.41) is 2.87. The zero-order valence-corrected chi connectivity index (χ0v) is 14.3. The molecule has 0 atom stereocenters. The Labute approximate surface area is 132 Å². The van der Waals surface area contributed by atoms with E-state index in [1.807, 2.05) is 6.92 Å². The average molecular weight is 383 g/mol. The largest absolute Gasteiger partial charge is 0.324 e. The number of sulfone groups is 1. The van der Waals surface area contributed by atoms with Crippen molar-refractivity contribution in [3.8, 4) is 0 Å². The molecule has 0 aliphatic carbocycles. The van der Waals surface area contributed by atoms with Crippen molar-refractivity contribution in [1.82, 2.24) is 0 Å². The molecule has 0 radical (unpaired) electrons. The number of amides is 1. The summed E-state index contributed by atoms with van der Waals surface area (Å²) in [6.07, 6.45) is 2.38. The number of halogens is 2. The van der Waals surface area contributed by atoms with Crippen LogP contribution in [0.2, 0.25) is 5.02 Å². The molecule has 1 aromatic carbocycles. The fourth-order valence-corrected chi connectivity index (χ4v) is 3.60. The standard InChI is InChI=1S/C13H17BrClNO3S/c1-2-3-4-7-20(18,19)9-13(17)16-12-6-5-10(14)8-11(12)15/h5-6,8H,2-4,7,9H2,1H3,(H,16,17). The predicted molar refractivity (Wildman–Crippen MR) is 86.0 cm³/mol. The number of anilines is 1. The molecule has 7 heteroatoms. The number of benzene rings is 1. The maximum atomic E-state index is 11.7. The summed E-state index contributed by atoms with van der Waals surface area (Å²) in [6.45, 7) is 1.99. The molecule has 0 aliphatic heterocycles. The van der Waals surface area contributed by atoms with Gasteiger partial charge in [-0.3, -0.25) is 4.79 Å². The third-order valence-corrected chi connectivity index (χ3v) is 5.03. The summed E-state index contributed by atoms with van der Waals surface area (Å²) < 4.78 is 24.3. The highest BCUT2D eigenvalue weighted by Crippen LogP contribution is 2.25. The van der Waals surface area contributed by atoms with Crippen LogP contribution in [0.1, 0.15) is 26.2 Å². The molecule has 0 aromatic heterocycles. The predicted octanol–water partition coefficient (Wildman–Crippen LogP) is 3.65. The number of nitrogens with one attached hydrogen (secondary N) is 1. The van der Waals surface area contributed by atoms with Crippen LogP contribution in [0.5, 0.6) is 0 Å². The molecular weight excluding hydrogens is 366 g/mol. The summed E-state index contributed by atoms with van der Waals surface area (Å²) >= 11 is 9.21. The Bertz CT molecular complexity index is 575. The summed E-state index contributed by atoms with van der Waals surface area (Å²) in [4.78, 5) is 11.7. The number of rotatable bonds is 7. The zero-order valence-electron chi connectivity index (χ0n) is 11.2. The van der Waals surface area contributed by atoms with Crippen LogP contribution in [-0.2, 0) is 14.6 Å². The quantitative estimate of drug-likeness (QED) is 0.732. The lowest BCUT2D eigenvalue weighted by Crippen LogP contribution is -2.24. The highest BCUT2D eigenvalue weighted by atomic mass is 79.9. The van der Waals surface area contributed by atoms with E-state index in [4.69, 9.17) is 11.6 Å². The molecule has 0 heterocycles. The van der Waals surface area contributed by atoms with E-state index in [1.165, 1.54) is 0 Å². The Morgan fingerprint density at radius 3 is 2.65 bits per heavy atom. The first kappa shape index (κ1) is 17.5. The smallest absolute Gasteiger partial charge is 0.239 e. The molecule has 112 valence electrons. The second kappa shape index (κ2) is 8.00. The topological polar surface area (TPSA) is 63.2 Å². The first-order chi connectivity index (χ1) is 9.34. The SMILES string of the molecule is CCCCCS(=O)(=O)CC(=O)Nc1ccc(Br)cc1Cl. The van der Waals surface area contributed by atoms with E-state index < -0.39 is 21.5 Å². The van der Waals surface area contributed by atoms with Crippen LogP contribution in [0.25, 0.3) is 0 Å². The van der Waals surface area contributed by atoms with Crippen LogP contribution in [0.4, 0.5) is 5.69 Å². The lowest BCUT2D eigenvalue weighted by molar-refractivity contribution is -0.113. The molecule has 0 fully saturated rings. The van der Waals surface area contributed by atoms with E-state index in [1.54, 1.807) is 18.2 Å². The third kappa shape index (κ3) is 6.24. The van der Waals surface area contributed by atoms with Crippen molar-refractivity contribution in [3.05, 3.63) is 27.7 Å². The first-order valence-corrected chi connectivity index (χ1v) is 9.28. The minimum atomic E-state index is -3.36. The van der Waals surface area contributed by atoms with Gasteiger partial charge in [0.05, 0.1) is 16.5 Å². The molecule has 1 aromatic rings. The van der Waals surface area contributed by atoms with Gasteiger partial charge in [0.2, 0.25) is 5.91 Å². The molecular formula is C13H17BrClNO3S. The Balaban J connectivity index is 2.59. The maximum Gasteiger partial charge on any atom is 0.239 e. The molecule has 1 N–H and O–H groups in total. The van der Waals surface area contributed by atoms with Crippen molar-refractivity contribution in [1.29, 1.82) is 0 Å². The molecule has 0 bridgehead atoms. The molecule has 0 spiro atoms. The van der Waals surface area contributed by atoms with Gasteiger partial charge in [0.15, 0.2) is 9.84 Å². The molecule has 20 heavy (non-hydrogen) atoms. The number of hydrogen-bond donors (Lipinski definition) is 1. The minimum Gasteiger partial charge on any atom is -0.324 e. The molecule has 0 saturated carbocycles. The van der Waals surface area contributed by atoms with Crippen LogP contribution >= 0.6 is 27.5 Å². The van der Waals surface area contributed by atoms with Crippen molar-refractivity contribution in [2.45, 2.75) is 26.2 Å². The Hall–Kier alpha value is -0.590. The van der Waals surface area contributed by atoms with Crippen molar-refractivity contribution in [2.24, 2.45) is 0 Å². The number of hydrogen-bond acceptors (Lipinski definition) is 3. The van der Waals surface area contributed by atoms with Crippen LogP contribution in [-0.4, -0.2) is 25.8 Å². The van der Waals surface area contributed by atoms with Crippen molar-refractivity contribution >= 4 is 49.0 Å². The van der Waals surface area contributed by atoms with Crippen LogP contribution < -0.4 is 5.32 Å². The van der Waals surface area contributed by atoms with Crippen LogP contribution in [0.3, 0.4) is 0 Å². The number of carbonyl (C=O) groups is 1. The van der Waals surface area contributed by atoms with E-state index >= 15 is 0 Å². The molecule has 0 saturated heterocycles. The van der Waals surface area contributed by atoms with Gasteiger partial charge in [0.25, 0.3) is 0 Å². The molecule has 0 unspecified atom stereocenters. The summed E-state index contributed by atoms with van der Waals surface area (Å²) in [5.41, 5.74) is 0.406. The maximum absolute atomic E-state index is 11.7. The molecule has 4 nitrogen and oxygen atoms in total. The van der Waals surface area contributed by atoms with Gasteiger partial charge < -0.3 is 5.32 Å². The average Bonchev–Trinajstić information content (AvgIpc) is 2.32. The van der Waals surface area contributed by atoms with E-state index in [9.17, 15) is 13.2 Å². The van der Waals surface area contributed by atoms with Gasteiger partial charge >= 0.3 is 0 Å². The molecule has 1 amide bonds. The zero-order chi connectivity index (χ0) is 15.2. The van der Waals surface area contributed by atoms with Gasteiger partial charge in [0, 0.05) is 4.47 Å². The van der Waals surface area contributed by atoms with E-state index in [-0.39, 0.29) is 5.75 Å².